The van der Waals surface area contributed by atoms with Crippen molar-refractivity contribution < 1.29 is 4.74 Å². The summed E-state index contributed by atoms with van der Waals surface area (Å²) in [4.78, 5) is 0. The maximum absolute atomic E-state index is 5.91. The number of hydrogen-bond acceptors (Lipinski definition) is 1. The van der Waals surface area contributed by atoms with Gasteiger partial charge < -0.3 is 4.74 Å². The standard InChI is InChI=1S/C27H36O/c1-2-3-4-5-6-8-11-23-14-16-25(17-15-23)26-18-20-27(21-19-26)28-22-24-12-9-7-10-13-24/h7,9-10,12-13,16,18-21,23H,2-6,8,11,14-15,17,22H2,1H3. The summed E-state index contributed by atoms with van der Waals surface area (Å²) in [6.07, 6.45) is 16.2. The van der Waals surface area contributed by atoms with Gasteiger partial charge in [-0.05, 0) is 54.0 Å². The second kappa shape index (κ2) is 11.7. The monoisotopic (exact) mass is 376 g/mol. The first-order chi connectivity index (χ1) is 13.8. The molecule has 2 aromatic carbocycles. The van der Waals surface area contributed by atoms with Gasteiger partial charge in [0.1, 0.15) is 12.4 Å². The summed E-state index contributed by atoms with van der Waals surface area (Å²) >= 11 is 0. The van der Waals surface area contributed by atoms with Gasteiger partial charge >= 0.3 is 0 Å². The van der Waals surface area contributed by atoms with Crippen LogP contribution in [0, 0.1) is 5.92 Å². The van der Waals surface area contributed by atoms with E-state index in [1.807, 2.05) is 6.07 Å². The molecular formula is C27H36O. The van der Waals surface area contributed by atoms with Crippen molar-refractivity contribution in [1.82, 2.24) is 0 Å². The minimum atomic E-state index is 0.628. The molecule has 0 aliphatic heterocycles. The molecule has 0 spiro atoms. The first-order valence-electron chi connectivity index (χ1n) is 11.3. The van der Waals surface area contributed by atoms with Crippen LogP contribution in [-0.4, -0.2) is 0 Å². The van der Waals surface area contributed by atoms with Crippen LogP contribution in [-0.2, 0) is 6.61 Å². The highest BCUT2D eigenvalue weighted by Crippen LogP contribution is 2.33. The van der Waals surface area contributed by atoms with Gasteiger partial charge in [0.05, 0.1) is 0 Å². The van der Waals surface area contributed by atoms with Crippen molar-refractivity contribution in [3.8, 4) is 5.75 Å². The summed E-state index contributed by atoms with van der Waals surface area (Å²) in [5.74, 6) is 1.85. The van der Waals surface area contributed by atoms with Gasteiger partial charge in [0.2, 0.25) is 0 Å². The van der Waals surface area contributed by atoms with Crippen molar-refractivity contribution in [2.45, 2.75) is 77.7 Å². The van der Waals surface area contributed by atoms with Crippen LogP contribution in [0.25, 0.3) is 5.57 Å². The molecular weight excluding hydrogens is 340 g/mol. The van der Waals surface area contributed by atoms with Crippen molar-refractivity contribution in [3.63, 3.8) is 0 Å². The topological polar surface area (TPSA) is 9.23 Å². The van der Waals surface area contributed by atoms with Crippen LogP contribution in [0.2, 0.25) is 0 Å². The molecule has 1 aliphatic rings. The van der Waals surface area contributed by atoms with Gasteiger partial charge in [-0.15, -0.1) is 0 Å². The molecule has 3 rings (SSSR count). The molecule has 0 saturated carbocycles. The van der Waals surface area contributed by atoms with Crippen LogP contribution in [0.5, 0.6) is 5.75 Å². The predicted octanol–water partition coefficient (Wildman–Crippen LogP) is 8.20. The summed E-state index contributed by atoms with van der Waals surface area (Å²) in [6.45, 7) is 2.92. The van der Waals surface area contributed by atoms with E-state index in [-0.39, 0.29) is 0 Å². The van der Waals surface area contributed by atoms with Crippen LogP contribution in [0.3, 0.4) is 0 Å². The molecule has 0 heterocycles. The Balaban J connectivity index is 1.40. The van der Waals surface area contributed by atoms with E-state index in [0.717, 1.165) is 11.7 Å². The summed E-state index contributed by atoms with van der Waals surface area (Å²) < 4.78 is 5.91. The van der Waals surface area contributed by atoms with Crippen LogP contribution < -0.4 is 4.74 Å². The molecule has 1 unspecified atom stereocenters. The Hall–Kier alpha value is -2.02. The zero-order valence-corrected chi connectivity index (χ0v) is 17.5. The number of ether oxygens (including phenoxy) is 1. The molecule has 0 N–H and O–H groups in total. The van der Waals surface area contributed by atoms with Crippen LogP contribution in [0.4, 0.5) is 0 Å². The second-order valence-corrected chi connectivity index (χ2v) is 8.22. The van der Waals surface area contributed by atoms with E-state index >= 15 is 0 Å². The van der Waals surface area contributed by atoms with Crippen LogP contribution >= 0.6 is 0 Å². The molecule has 0 saturated heterocycles. The maximum atomic E-state index is 5.91. The highest BCUT2D eigenvalue weighted by molar-refractivity contribution is 5.66. The molecule has 1 heteroatoms. The lowest BCUT2D eigenvalue weighted by molar-refractivity contribution is 0.306. The fourth-order valence-corrected chi connectivity index (χ4v) is 4.13. The Kier molecular flexibility index (Phi) is 8.68. The first kappa shape index (κ1) is 20.7. The minimum Gasteiger partial charge on any atom is -0.489 e. The van der Waals surface area contributed by atoms with Crippen molar-refractivity contribution in [2.24, 2.45) is 5.92 Å². The Morgan fingerprint density at radius 2 is 1.61 bits per heavy atom. The molecule has 0 fully saturated rings. The lowest BCUT2D eigenvalue weighted by Gasteiger charge is -2.22. The quantitative estimate of drug-likeness (QED) is 0.359. The number of allylic oxidation sites excluding steroid dienone is 2. The number of benzene rings is 2. The van der Waals surface area contributed by atoms with Gasteiger partial charge in [0, 0.05) is 0 Å². The molecule has 2 aromatic rings. The summed E-state index contributed by atoms with van der Waals surface area (Å²) in [5, 5.41) is 0. The van der Waals surface area contributed by atoms with Gasteiger partial charge in [0.15, 0.2) is 0 Å². The maximum Gasteiger partial charge on any atom is 0.119 e. The molecule has 0 bridgehead atoms. The van der Waals surface area contributed by atoms with Crippen molar-refractivity contribution in [2.75, 3.05) is 0 Å². The number of rotatable bonds is 11. The normalized spacial score (nSPS) is 16.6. The van der Waals surface area contributed by atoms with Gasteiger partial charge in [-0.1, -0.05) is 100 Å². The van der Waals surface area contributed by atoms with Gasteiger partial charge in [-0.25, -0.2) is 0 Å². The SMILES string of the molecule is CCCCCCCCC1CC=C(c2ccc(OCc3ccccc3)cc2)CC1. The molecule has 0 aromatic heterocycles. The summed E-state index contributed by atoms with van der Waals surface area (Å²) in [6, 6.07) is 19.0. The Labute approximate surface area is 171 Å². The predicted molar refractivity (Wildman–Crippen MR) is 121 cm³/mol. The van der Waals surface area contributed by atoms with E-state index in [2.05, 4.69) is 61.5 Å². The second-order valence-electron chi connectivity index (χ2n) is 8.22. The lowest BCUT2D eigenvalue weighted by atomic mass is 9.84. The molecule has 28 heavy (non-hydrogen) atoms. The fourth-order valence-electron chi connectivity index (χ4n) is 4.13. The third kappa shape index (κ3) is 6.86. The zero-order valence-electron chi connectivity index (χ0n) is 17.5. The number of unbranched alkanes of at least 4 members (excludes halogenated alkanes) is 5. The van der Waals surface area contributed by atoms with E-state index in [9.17, 15) is 0 Å². The van der Waals surface area contributed by atoms with Gasteiger partial charge in [-0.3, -0.25) is 0 Å². The highest BCUT2D eigenvalue weighted by atomic mass is 16.5. The average molecular weight is 377 g/mol. The number of hydrogen-bond donors (Lipinski definition) is 0. The summed E-state index contributed by atoms with van der Waals surface area (Å²) in [5.41, 5.74) is 4.09. The van der Waals surface area contributed by atoms with E-state index in [4.69, 9.17) is 4.74 Å². The molecule has 150 valence electrons. The van der Waals surface area contributed by atoms with Crippen LogP contribution in [0.15, 0.2) is 60.7 Å². The lowest BCUT2D eigenvalue weighted by Crippen LogP contribution is -2.05. The van der Waals surface area contributed by atoms with Crippen molar-refractivity contribution in [1.29, 1.82) is 0 Å². The third-order valence-corrected chi connectivity index (χ3v) is 5.96. The van der Waals surface area contributed by atoms with E-state index in [0.29, 0.717) is 6.61 Å². The molecule has 1 aliphatic carbocycles. The Morgan fingerprint density at radius 3 is 2.32 bits per heavy atom. The highest BCUT2D eigenvalue weighted by Gasteiger charge is 2.15. The van der Waals surface area contributed by atoms with E-state index < -0.39 is 0 Å². The Morgan fingerprint density at radius 1 is 0.857 bits per heavy atom. The smallest absolute Gasteiger partial charge is 0.119 e. The van der Waals surface area contributed by atoms with Crippen molar-refractivity contribution in [3.05, 3.63) is 71.8 Å². The summed E-state index contributed by atoms with van der Waals surface area (Å²) in [7, 11) is 0. The molecule has 0 radical (unpaired) electrons. The average Bonchev–Trinajstić information content (AvgIpc) is 2.76. The Bertz CT molecular complexity index is 699. The molecule has 1 nitrogen and oxygen atoms in total. The third-order valence-electron chi connectivity index (χ3n) is 5.96. The minimum absolute atomic E-state index is 0.628. The van der Waals surface area contributed by atoms with Gasteiger partial charge in [0.25, 0.3) is 0 Å². The van der Waals surface area contributed by atoms with Crippen molar-refractivity contribution >= 4 is 5.57 Å². The van der Waals surface area contributed by atoms with E-state index in [1.54, 1.807) is 0 Å². The van der Waals surface area contributed by atoms with Crippen LogP contribution in [0.1, 0.15) is 82.3 Å². The zero-order chi connectivity index (χ0) is 19.4. The van der Waals surface area contributed by atoms with E-state index in [1.165, 1.54) is 80.9 Å². The molecule has 1 atom stereocenters. The largest absolute Gasteiger partial charge is 0.489 e. The molecule has 0 amide bonds. The fraction of sp³-hybridized carbons (Fsp3) is 0.481. The van der Waals surface area contributed by atoms with Gasteiger partial charge in [-0.2, -0.15) is 0 Å². The first-order valence-corrected chi connectivity index (χ1v) is 11.3.